The molecule has 2 rings (SSSR count). The van der Waals surface area contributed by atoms with E-state index in [0.717, 1.165) is 35.7 Å². The van der Waals surface area contributed by atoms with Gasteiger partial charge in [-0.25, -0.2) is 9.97 Å². The molecular formula is C14H19N3. The minimum Gasteiger partial charge on any atom is -0.354 e. The minimum atomic E-state index is 0.729. The highest BCUT2D eigenvalue weighted by Gasteiger charge is 1.99. The van der Waals surface area contributed by atoms with Crippen LogP contribution in [0.25, 0.3) is 10.9 Å². The number of aromatic nitrogens is 2. The highest BCUT2D eigenvalue weighted by molar-refractivity contribution is 5.78. The molecule has 1 heterocycles. The first-order valence-electron chi connectivity index (χ1n) is 6.21. The molecular weight excluding hydrogens is 210 g/mol. The van der Waals surface area contributed by atoms with Gasteiger partial charge in [0.15, 0.2) is 0 Å². The van der Waals surface area contributed by atoms with E-state index in [0.29, 0.717) is 0 Å². The van der Waals surface area contributed by atoms with Crippen molar-refractivity contribution in [3.8, 4) is 0 Å². The van der Waals surface area contributed by atoms with E-state index in [1.807, 2.05) is 30.5 Å². The highest BCUT2D eigenvalue weighted by atomic mass is 15.1. The average Bonchev–Trinajstić information content (AvgIpc) is 2.34. The van der Waals surface area contributed by atoms with Crippen molar-refractivity contribution in [2.24, 2.45) is 5.92 Å². The first-order chi connectivity index (χ1) is 8.25. The van der Waals surface area contributed by atoms with E-state index in [1.165, 1.54) is 6.42 Å². The predicted molar refractivity (Wildman–Crippen MR) is 72.1 cm³/mol. The second-order valence-corrected chi connectivity index (χ2v) is 4.72. The second kappa shape index (κ2) is 5.62. The summed E-state index contributed by atoms with van der Waals surface area (Å²) >= 11 is 0. The molecule has 3 heteroatoms. The zero-order chi connectivity index (χ0) is 12.1. The maximum atomic E-state index is 4.47. The topological polar surface area (TPSA) is 37.8 Å². The van der Waals surface area contributed by atoms with Crippen LogP contribution < -0.4 is 5.32 Å². The number of hydrogen-bond acceptors (Lipinski definition) is 3. The van der Waals surface area contributed by atoms with Gasteiger partial charge in [0.05, 0.1) is 5.52 Å². The molecule has 0 saturated heterocycles. The van der Waals surface area contributed by atoms with Gasteiger partial charge in [0.25, 0.3) is 0 Å². The van der Waals surface area contributed by atoms with Crippen LogP contribution in [0.1, 0.15) is 26.7 Å². The van der Waals surface area contributed by atoms with Crippen LogP contribution >= 0.6 is 0 Å². The number of hydrogen-bond donors (Lipinski definition) is 1. The molecule has 1 N–H and O–H groups in total. The quantitative estimate of drug-likeness (QED) is 0.798. The molecule has 0 saturated carbocycles. The molecule has 0 fully saturated rings. The van der Waals surface area contributed by atoms with Crippen molar-refractivity contribution in [1.82, 2.24) is 9.97 Å². The Morgan fingerprint density at radius 2 is 2.06 bits per heavy atom. The molecule has 3 nitrogen and oxygen atoms in total. The Morgan fingerprint density at radius 3 is 2.88 bits per heavy atom. The van der Waals surface area contributed by atoms with Gasteiger partial charge in [0.2, 0.25) is 5.95 Å². The molecule has 1 aromatic heterocycles. The van der Waals surface area contributed by atoms with E-state index in [-0.39, 0.29) is 0 Å². The lowest BCUT2D eigenvalue weighted by molar-refractivity contribution is 0.566. The van der Waals surface area contributed by atoms with E-state index in [4.69, 9.17) is 0 Å². The van der Waals surface area contributed by atoms with Gasteiger partial charge < -0.3 is 5.32 Å². The van der Waals surface area contributed by atoms with Crippen LogP contribution in [0.5, 0.6) is 0 Å². The summed E-state index contributed by atoms with van der Waals surface area (Å²) in [6, 6.07) is 8.04. The highest BCUT2D eigenvalue weighted by Crippen LogP contribution is 2.11. The average molecular weight is 229 g/mol. The van der Waals surface area contributed by atoms with Crippen LogP contribution in [-0.4, -0.2) is 16.5 Å². The first-order valence-corrected chi connectivity index (χ1v) is 6.21. The summed E-state index contributed by atoms with van der Waals surface area (Å²) in [5.74, 6) is 1.49. The third-order valence-electron chi connectivity index (χ3n) is 2.73. The fraction of sp³-hybridized carbons (Fsp3) is 0.429. The van der Waals surface area contributed by atoms with E-state index < -0.39 is 0 Å². The SMILES string of the molecule is CC(C)CCCNc1ncc2ccccc2n1. The van der Waals surface area contributed by atoms with Crippen LogP contribution in [0.3, 0.4) is 0 Å². The third-order valence-corrected chi connectivity index (χ3v) is 2.73. The number of para-hydroxylation sites is 1. The lowest BCUT2D eigenvalue weighted by atomic mass is 10.1. The Labute approximate surface area is 102 Å². The largest absolute Gasteiger partial charge is 0.354 e. The summed E-state index contributed by atoms with van der Waals surface area (Å²) in [7, 11) is 0. The van der Waals surface area contributed by atoms with Gasteiger partial charge in [-0.15, -0.1) is 0 Å². The van der Waals surface area contributed by atoms with E-state index in [9.17, 15) is 0 Å². The van der Waals surface area contributed by atoms with E-state index in [2.05, 4.69) is 29.1 Å². The molecule has 0 amide bonds. The number of anilines is 1. The van der Waals surface area contributed by atoms with Crippen molar-refractivity contribution in [3.05, 3.63) is 30.5 Å². The molecule has 90 valence electrons. The summed E-state index contributed by atoms with van der Waals surface area (Å²) in [6.07, 6.45) is 4.27. The lowest BCUT2D eigenvalue weighted by Crippen LogP contribution is -2.06. The van der Waals surface area contributed by atoms with Crippen molar-refractivity contribution >= 4 is 16.9 Å². The van der Waals surface area contributed by atoms with Gasteiger partial charge in [0.1, 0.15) is 0 Å². The Hall–Kier alpha value is -1.64. The van der Waals surface area contributed by atoms with Crippen molar-refractivity contribution in [3.63, 3.8) is 0 Å². The van der Waals surface area contributed by atoms with Crippen LogP contribution in [0.2, 0.25) is 0 Å². The Balaban J connectivity index is 1.95. The lowest BCUT2D eigenvalue weighted by Gasteiger charge is -2.07. The van der Waals surface area contributed by atoms with Crippen LogP contribution in [0.4, 0.5) is 5.95 Å². The summed E-state index contributed by atoms with van der Waals surface area (Å²) < 4.78 is 0. The monoisotopic (exact) mass is 229 g/mol. The number of nitrogens with one attached hydrogen (secondary N) is 1. The molecule has 1 aromatic carbocycles. The molecule has 17 heavy (non-hydrogen) atoms. The van der Waals surface area contributed by atoms with Crippen LogP contribution in [0.15, 0.2) is 30.5 Å². The molecule has 0 spiro atoms. The number of rotatable bonds is 5. The van der Waals surface area contributed by atoms with Gasteiger partial charge in [0, 0.05) is 18.1 Å². The zero-order valence-corrected chi connectivity index (χ0v) is 10.5. The van der Waals surface area contributed by atoms with Crippen molar-refractivity contribution in [1.29, 1.82) is 0 Å². The first kappa shape index (κ1) is 11.8. The molecule has 0 radical (unpaired) electrons. The smallest absolute Gasteiger partial charge is 0.223 e. The number of benzene rings is 1. The molecule has 0 atom stereocenters. The van der Waals surface area contributed by atoms with Gasteiger partial charge in [-0.2, -0.15) is 0 Å². The molecule has 0 unspecified atom stereocenters. The predicted octanol–water partition coefficient (Wildman–Crippen LogP) is 3.48. The van der Waals surface area contributed by atoms with Crippen LogP contribution in [0, 0.1) is 5.92 Å². The summed E-state index contributed by atoms with van der Waals surface area (Å²) in [4.78, 5) is 8.77. The third kappa shape index (κ3) is 3.41. The Morgan fingerprint density at radius 1 is 1.24 bits per heavy atom. The maximum absolute atomic E-state index is 4.47. The van der Waals surface area contributed by atoms with Gasteiger partial charge >= 0.3 is 0 Å². The van der Waals surface area contributed by atoms with Crippen LogP contribution in [-0.2, 0) is 0 Å². The fourth-order valence-electron chi connectivity index (χ4n) is 1.77. The Kier molecular flexibility index (Phi) is 3.91. The second-order valence-electron chi connectivity index (χ2n) is 4.72. The van der Waals surface area contributed by atoms with E-state index in [1.54, 1.807) is 0 Å². The minimum absolute atomic E-state index is 0.729. The summed E-state index contributed by atoms with van der Waals surface area (Å²) in [5, 5.41) is 4.35. The fourth-order valence-corrected chi connectivity index (χ4v) is 1.77. The van der Waals surface area contributed by atoms with Crippen molar-refractivity contribution in [2.75, 3.05) is 11.9 Å². The summed E-state index contributed by atoms with van der Waals surface area (Å²) in [6.45, 7) is 5.43. The standard InChI is InChI=1S/C14H19N3/c1-11(2)6-5-9-15-14-16-10-12-7-3-4-8-13(12)17-14/h3-4,7-8,10-11H,5-6,9H2,1-2H3,(H,15,16,17). The maximum Gasteiger partial charge on any atom is 0.223 e. The molecule has 0 bridgehead atoms. The summed E-state index contributed by atoms with van der Waals surface area (Å²) in [5.41, 5.74) is 0.994. The number of nitrogens with zero attached hydrogens (tertiary/aromatic N) is 2. The van der Waals surface area contributed by atoms with Crippen molar-refractivity contribution in [2.45, 2.75) is 26.7 Å². The molecule has 2 aromatic rings. The van der Waals surface area contributed by atoms with Gasteiger partial charge in [-0.05, 0) is 24.8 Å². The molecule has 0 aliphatic carbocycles. The van der Waals surface area contributed by atoms with E-state index >= 15 is 0 Å². The molecule has 0 aliphatic heterocycles. The Bertz CT molecular complexity index is 480. The van der Waals surface area contributed by atoms with Gasteiger partial charge in [-0.1, -0.05) is 32.0 Å². The normalized spacial score (nSPS) is 11.0. The molecule has 0 aliphatic rings. The van der Waals surface area contributed by atoms with Crippen molar-refractivity contribution < 1.29 is 0 Å². The number of fused-ring (bicyclic) bond motifs is 1. The zero-order valence-electron chi connectivity index (χ0n) is 10.5. The van der Waals surface area contributed by atoms with Gasteiger partial charge in [-0.3, -0.25) is 0 Å².